The number of nitrogens with two attached hydrogens (primary N) is 1. The van der Waals surface area contributed by atoms with Crippen LogP contribution in [0.2, 0.25) is 0 Å². The van der Waals surface area contributed by atoms with E-state index in [4.69, 9.17) is 5.73 Å². The number of thiophene rings is 1. The molecule has 0 amide bonds. The fraction of sp³-hybridized carbons (Fsp3) is 0.667. The highest BCUT2D eigenvalue weighted by Crippen LogP contribution is 2.30. The van der Waals surface area contributed by atoms with Gasteiger partial charge in [-0.25, -0.2) is 0 Å². The zero-order valence-electron chi connectivity index (χ0n) is 8.88. The van der Waals surface area contributed by atoms with Gasteiger partial charge in [0.05, 0.1) is 0 Å². The molecule has 0 radical (unpaired) electrons. The molecule has 2 rings (SSSR count). The number of hydrogen-bond donors (Lipinski definition) is 1. The molecular weight excluding hydrogens is 190 g/mol. The van der Waals surface area contributed by atoms with Gasteiger partial charge >= 0.3 is 0 Å². The van der Waals surface area contributed by atoms with Gasteiger partial charge in [0.2, 0.25) is 0 Å². The molecule has 1 atom stereocenters. The van der Waals surface area contributed by atoms with E-state index in [-0.39, 0.29) is 0 Å². The van der Waals surface area contributed by atoms with Crippen LogP contribution in [0.5, 0.6) is 0 Å². The van der Waals surface area contributed by atoms with E-state index in [0.29, 0.717) is 6.04 Å². The molecule has 0 saturated heterocycles. The smallest absolute Gasteiger partial charge is 0.00800 e. The number of hydrogen-bond acceptors (Lipinski definition) is 2. The number of aryl methyl sites for hydroxylation is 2. The van der Waals surface area contributed by atoms with E-state index in [1.54, 1.807) is 16.0 Å². The van der Waals surface area contributed by atoms with Crippen molar-refractivity contribution in [3.8, 4) is 0 Å². The molecule has 0 spiro atoms. The molecule has 0 aromatic carbocycles. The SMILES string of the molecule is C[C@H](N)CCc1csc2c1CCCC2. The van der Waals surface area contributed by atoms with Gasteiger partial charge in [-0.15, -0.1) is 11.3 Å². The lowest BCUT2D eigenvalue weighted by Crippen LogP contribution is -2.15. The molecule has 0 bridgehead atoms. The largest absolute Gasteiger partial charge is 0.328 e. The van der Waals surface area contributed by atoms with E-state index in [1.165, 1.54) is 32.1 Å². The lowest BCUT2D eigenvalue weighted by molar-refractivity contribution is 0.651. The zero-order chi connectivity index (χ0) is 9.97. The number of rotatable bonds is 3. The molecule has 0 saturated carbocycles. The molecule has 0 aliphatic heterocycles. The topological polar surface area (TPSA) is 26.0 Å². The predicted molar refractivity (Wildman–Crippen MR) is 62.9 cm³/mol. The fourth-order valence-electron chi connectivity index (χ4n) is 2.15. The molecule has 0 unspecified atom stereocenters. The van der Waals surface area contributed by atoms with Crippen LogP contribution in [0.15, 0.2) is 5.38 Å². The Bertz CT molecular complexity index is 301. The second-order valence-electron chi connectivity index (χ2n) is 4.39. The zero-order valence-corrected chi connectivity index (χ0v) is 9.70. The van der Waals surface area contributed by atoms with E-state index in [1.807, 2.05) is 11.3 Å². The van der Waals surface area contributed by atoms with Gasteiger partial charge in [0.15, 0.2) is 0 Å². The maximum Gasteiger partial charge on any atom is 0.00800 e. The maximum absolute atomic E-state index is 5.79. The van der Waals surface area contributed by atoms with Crippen molar-refractivity contribution in [2.24, 2.45) is 5.73 Å². The van der Waals surface area contributed by atoms with Gasteiger partial charge < -0.3 is 5.73 Å². The summed E-state index contributed by atoms with van der Waals surface area (Å²) in [7, 11) is 0. The van der Waals surface area contributed by atoms with Gasteiger partial charge in [0, 0.05) is 10.9 Å². The third kappa shape index (κ3) is 2.18. The highest BCUT2D eigenvalue weighted by molar-refractivity contribution is 7.10. The maximum atomic E-state index is 5.79. The van der Waals surface area contributed by atoms with E-state index in [0.717, 1.165) is 6.42 Å². The Balaban J connectivity index is 2.06. The van der Waals surface area contributed by atoms with Crippen LogP contribution in [0.25, 0.3) is 0 Å². The molecule has 0 fully saturated rings. The summed E-state index contributed by atoms with van der Waals surface area (Å²) in [6.45, 7) is 2.10. The van der Waals surface area contributed by atoms with Crippen LogP contribution in [0, 0.1) is 0 Å². The molecule has 1 nitrogen and oxygen atoms in total. The van der Waals surface area contributed by atoms with Gasteiger partial charge in [0.1, 0.15) is 0 Å². The van der Waals surface area contributed by atoms with E-state index < -0.39 is 0 Å². The average Bonchev–Trinajstić information content (AvgIpc) is 2.58. The molecule has 1 aromatic heterocycles. The highest BCUT2D eigenvalue weighted by Gasteiger charge is 2.15. The van der Waals surface area contributed by atoms with Crippen molar-refractivity contribution < 1.29 is 0 Å². The van der Waals surface area contributed by atoms with Crippen molar-refractivity contribution in [1.29, 1.82) is 0 Å². The Kier molecular flexibility index (Phi) is 3.24. The van der Waals surface area contributed by atoms with E-state index >= 15 is 0 Å². The van der Waals surface area contributed by atoms with Gasteiger partial charge in [-0.2, -0.15) is 0 Å². The first-order valence-electron chi connectivity index (χ1n) is 5.61. The summed E-state index contributed by atoms with van der Waals surface area (Å²) in [4.78, 5) is 1.65. The molecule has 2 heteroatoms. The van der Waals surface area contributed by atoms with Crippen LogP contribution < -0.4 is 5.73 Å². The third-order valence-corrected chi connectivity index (χ3v) is 4.15. The first-order chi connectivity index (χ1) is 6.77. The molecular formula is C12H19NS. The Hall–Kier alpha value is -0.340. The van der Waals surface area contributed by atoms with Crippen LogP contribution >= 0.6 is 11.3 Å². The summed E-state index contributed by atoms with van der Waals surface area (Å²) in [5.74, 6) is 0. The molecule has 1 heterocycles. The summed E-state index contributed by atoms with van der Waals surface area (Å²) >= 11 is 1.96. The lowest BCUT2D eigenvalue weighted by Gasteiger charge is -2.13. The standard InChI is InChI=1S/C12H19NS/c1-9(13)6-7-10-8-14-12-5-3-2-4-11(10)12/h8-9H,2-7,13H2,1H3/t9-/m0/s1. The van der Waals surface area contributed by atoms with Crippen LogP contribution in [-0.4, -0.2) is 6.04 Å². The van der Waals surface area contributed by atoms with Crippen LogP contribution in [0.1, 0.15) is 42.2 Å². The van der Waals surface area contributed by atoms with Crippen molar-refractivity contribution in [2.45, 2.75) is 51.5 Å². The Morgan fingerprint density at radius 2 is 2.21 bits per heavy atom. The Labute approximate surface area is 90.3 Å². The second kappa shape index (κ2) is 4.45. The monoisotopic (exact) mass is 209 g/mol. The second-order valence-corrected chi connectivity index (χ2v) is 5.35. The molecule has 2 N–H and O–H groups in total. The van der Waals surface area contributed by atoms with Gasteiger partial charge in [0.25, 0.3) is 0 Å². The molecule has 78 valence electrons. The molecule has 1 aliphatic carbocycles. The van der Waals surface area contributed by atoms with Crippen molar-refractivity contribution in [2.75, 3.05) is 0 Å². The van der Waals surface area contributed by atoms with Crippen LogP contribution in [-0.2, 0) is 19.3 Å². The minimum absolute atomic E-state index is 0.342. The minimum atomic E-state index is 0.342. The summed E-state index contributed by atoms with van der Waals surface area (Å²) in [6, 6.07) is 0.342. The van der Waals surface area contributed by atoms with Crippen LogP contribution in [0.3, 0.4) is 0 Å². The van der Waals surface area contributed by atoms with Crippen molar-refractivity contribution >= 4 is 11.3 Å². The summed E-state index contributed by atoms with van der Waals surface area (Å²) in [5.41, 5.74) is 9.04. The van der Waals surface area contributed by atoms with Gasteiger partial charge in [-0.3, -0.25) is 0 Å². The molecule has 1 aliphatic rings. The highest BCUT2D eigenvalue weighted by atomic mass is 32.1. The predicted octanol–water partition coefficient (Wildman–Crippen LogP) is 2.91. The average molecular weight is 209 g/mol. The van der Waals surface area contributed by atoms with E-state index in [9.17, 15) is 0 Å². The normalized spacial score (nSPS) is 17.9. The Morgan fingerprint density at radius 3 is 3.00 bits per heavy atom. The quantitative estimate of drug-likeness (QED) is 0.814. The summed E-state index contributed by atoms with van der Waals surface area (Å²) < 4.78 is 0. The lowest BCUT2D eigenvalue weighted by atomic mass is 9.93. The fourth-order valence-corrected chi connectivity index (χ4v) is 3.34. The van der Waals surface area contributed by atoms with Crippen molar-refractivity contribution in [3.05, 3.63) is 21.4 Å². The van der Waals surface area contributed by atoms with Gasteiger partial charge in [-0.05, 0) is 62.0 Å². The summed E-state index contributed by atoms with van der Waals surface area (Å²) in [5, 5.41) is 2.36. The first kappa shape index (κ1) is 10.2. The third-order valence-electron chi connectivity index (χ3n) is 3.02. The molecule has 1 aromatic rings. The van der Waals surface area contributed by atoms with Gasteiger partial charge in [-0.1, -0.05) is 0 Å². The summed E-state index contributed by atoms with van der Waals surface area (Å²) in [6.07, 6.45) is 7.72. The van der Waals surface area contributed by atoms with Crippen LogP contribution in [0.4, 0.5) is 0 Å². The minimum Gasteiger partial charge on any atom is -0.328 e. The molecule has 14 heavy (non-hydrogen) atoms. The Morgan fingerprint density at radius 1 is 1.43 bits per heavy atom. The first-order valence-corrected chi connectivity index (χ1v) is 6.49. The van der Waals surface area contributed by atoms with Crippen molar-refractivity contribution in [1.82, 2.24) is 0 Å². The number of fused-ring (bicyclic) bond motifs is 1. The van der Waals surface area contributed by atoms with E-state index in [2.05, 4.69) is 12.3 Å². The van der Waals surface area contributed by atoms with Crippen molar-refractivity contribution in [3.63, 3.8) is 0 Å².